The molecule has 0 bridgehead atoms. The van der Waals surface area contributed by atoms with Crippen molar-refractivity contribution in [2.75, 3.05) is 13.2 Å². The molecule has 0 unspecified atom stereocenters. The summed E-state index contributed by atoms with van der Waals surface area (Å²) in [5, 5.41) is 3.13. The van der Waals surface area contributed by atoms with Crippen LogP contribution in [0, 0.1) is 11.2 Å². The van der Waals surface area contributed by atoms with Crippen LogP contribution in [-0.4, -0.2) is 19.1 Å². The van der Waals surface area contributed by atoms with E-state index in [1.165, 1.54) is 12.1 Å². The van der Waals surface area contributed by atoms with Crippen molar-refractivity contribution in [1.82, 2.24) is 5.32 Å². The minimum Gasteiger partial charge on any atom is -0.464 e. The molecule has 0 spiro atoms. The monoisotopic (exact) mass is 253 g/mol. The molecule has 0 saturated heterocycles. The summed E-state index contributed by atoms with van der Waals surface area (Å²) in [6.07, 6.45) is 0. The van der Waals surface area contributed by atoms with Gasteiger partial charge in [0.15, 0.2) is 0 Å². The summed E-state index contributed by atoms with van der Waals surface area (Å²) >= 11 is 0. The number of hydrogen-bond acceptors (Lipinski definition) is 3. The van der Waals surface area contributed by atoms with Crippen LogP contribution in [0.5, 0.6) is 0 Å². The molecule has 18 heavy (non-hydrogen) atoms. The Balaban J connectivity index is 2.16. The summed E-state index contributed by atoms with van der Waals surface area (Å²) in [6.45, 7) is 7.02. The van der Waals surface area contributed by atoms with Gasteiger partial charge >= 0.3 is 5.97 Å². The third-order valence-corrected chi connectivity index (χ3v) is 2.37. The molecule has 1 N–H and O–H groups in total. The van der Waals surface area contributed by atoms with Gasteiger partial charge < -0.3 is 10.1 Å². The number of esters is 1. The number of nitrogens with one attached hydrogen (secondary N) is 1. The molecule has 0 aliphatic carbocycles. The lowest BCUT2D eigenvalue weighted by molar-refractivity contribution is -0.152. The standard InChI is InChI=1S/C14H20FNO2/c1-14(2,3)13(17)18-9-8-16-10-11-4-6-12(15)7-5-11/h4-7,16H,8-10H2,1-3H3. The van der Waals surface area contributed by atoms with Crippen LogP contribution in [0.4, 0.5) is 4.39 Å². The van der Waals surface area contributed by atoms with Gasteiger partial charge in [-0.05, 0) is 38.5 Å². The van der Waals surface area contributed by atoms with Crippen molar-refractivity contribution in [1.29, 1.82) is 0 Å². The first-order valence-electron chi connectivity index (χ1n) is 6.02. The number of halogens is 1. The van der Waals surface area contributed by atoms with Gasteiger partial charge in [0.05, 0.1) is 5.41 Å². The fourth-order valence-corrected chi connectivity index (χ4v) is 1.27. The Morgan fingerprint density at radius 3 is 2.44 bits per heavy atom. The van der Waals surface area contributed by atoms with Crippen molar-refractivity contribution < 1.29 is 13.9 Å². The van der Waals surface area contributed by atoms with Gasteiger partial charge in [-0.3, -0.25) is 4.79 Å². The average molecular weight is 253 g/mol. The molecule has 0 aliphatic rings. The Labute approximate surface area is 107 Å². The molecule has 0 amide bonds. The number of benzene rings is 1. The number of hydrogen-bond donors (Lipinski definition) is 1. The highest BCUT2D eigenvalue weighted by Gasteiger charge is 2.22. The topological polar surface area (TPSA) is 38.3 Å². The molecule has 0 aliphatic heterocycles. The molecule has 3 nitrogen and oxygen atoms in total. The fourth-order valence-electron chi connectivity index (χ4n) is 1.27. The highest BCUT2D eigenvalue weighted by Crippen LogP contribution is 2.14. The zero-order valence-corrected chi connectivity index (χ0v) is 11.1. The molecule has 4 heteroatoms. The third kappa shape index (κ3) is 5.27. The lowest BCUT2D eigenvalue weighted by Gasteiger charge is -2.16. The zero-order chi connectivity index (χ0) is 13.6. The summed E-state index contributed by atoms with van der Waals surface area (Å²) in [5.74, 6) is -0.441. The van der Waals surface area contributed by atoms with Gasteiger partial charge in [-0.2, -0.15) is 0 Å². The van der Waals surface area contributed by atoms with E-state index in [1.807, 2.05) is 20.8 Å². The van der Waals surface area contributed by atoms with Gasteiger partial charge in [0, 0.05) is 13.1 Å². The quantitative estimate of drug-likeness (QED) is 0.647. The molecule has 0 fully saturated rings. The van der Waals surface area contributed by atoms with Crippen LogP contribution >= 0.6 is 0 Å². The van der Waals surface area contributed by atoms with Gasteiger partial charge in [-0.25, -0.2) is 4.39 Å². The highest BCUT2D eigenvalue weighted by atomic mass is 19.1. The Bertz CT molecular complexity index is 382. The second-order valence-electron chi connectivity index (χ2n) is 5.19. The van der Waals surface area contributed by atoms with Crippen LogP contribution in [0.25, 0.3) is 0 Å². The Morgan fingerprint density at radius 1 is 1.28 bits per heavy atom. The van der Waals surface area contributed by atoms with E-state index in [0.29, 0.717) is 19.7 Å². The summed E-state index contributed by atoms with van der Waals surface area (Å²) in [6, 6.07) is 6.31. The van der Waals surface area contributed by atoms with E-state index >= 15 is 0 Å². The molecule has 0 heterocycles. The minimum absolute atomic E-state index is 0.203. The summed E-state index contributed by atoms with van der Waals surface area (Å²) in [5.41, 5.74) is 0.537. The van der Waals surface area contributed by atoms with Crippen molar-refractivity contribution in [3.8, 4) is 0 Å². The van der Waals surface area contributed by atoms with Gasteiger partial charge in [0.1, 0.15) is 12.4 Å². The van der Waals surface area contributed by atoms with Crippen LogP contribution in [0.15, 0.2) is 24.3 Å². The maximum Gasteiger partial charge on any atom is 0.311 e. The molecule has 0 atom stereocenters. The second kappa shape index (κ2) is 6.50. The Hall–Kier alpha value is -1.42. The number of rotatable bonds is 5. The first-order valence-corrected chi connectivity index (χ1v) is 6.02. The van der Waals surface area contributed by atoms with E-state index < -0.39 is 5.41 Å². The van der Waals surface area contributed by atoms with Crippen LogP contribution < -0.4 is 5.32 Å². The average Bonchev–Trinajstić information content (AvgIpc) is 2.29. The molecule has 0 aromatic heterocycles. The number of carbonyl (C=O) groups excluding carboxylic acids is 1. The predicted molar refractivity (Wildman–Crippen MR) is 68.5 cm³/mol. The molecule has 0 saturated carbocycles. The van der Waals surface area contributed by atoms with Crippen molar-refractivity contribution >= 4 is 5.97 Å². The molecule has 1 rings (SSSR count). The zero-order valence-electron chi connectivity index (χ0n) is 11.1. The maximum atomic E-state index is 12.7. The molecular weight excluding hydrogens is 233 g/mol. The SMILES string of the molecule is CC(C)(C)C(=O)OCCNCc1ccc(F)cc1. The fraction of sp³-hybridized carbons (Fsp3) is 0.500. The second-order valence-corrected chi connectivity index (χ2v) is 5.19. The summed E-state index contributed by atoms with van der Waals surface area (Å²) in [4.78, 5) is 11.4. The van der Waals surface area contributed by atoms with Crippen molar-refractivity contribution in [3.63, 3.8) is 0 Å². The van der Waals surface area contributed by atoms with Gasteiger partial charge in [0.2, 0.25) is 0 Å². The van der Waals surface area contributed by atoms with Crippen LogP contribution in [-0.2, 0) is 16.1 Å². The van der Waals surface area contributed by atoms with E-state index in [4.69, 9.17) is 4.74 Å². The molecule has 100 valence electrons. The number of carbonyl (C=O) groups is 1. The third-order valence-electron chi connectivity index (χ3n) is 2.37. The maximum absolute atomic E-state index is 12.7. The summed E-state index contributed by atoms with van der Waals surface area (Å²) < 4.78 is 17.8. The van der Waals surface area contributed by atoms with E-state index in [-0.39, 0.29) is 11.8 Å². The molecular formula is C14H20FNO2. The lowest BCUT2D eigenvalue weighted by Crippen LogP contribution is -2.27. The van der Waals surface area contributed by atoms with Crippen LogP contribution in [0.1, 0.15) is 26.3 Å². The van der Waals surface area contributed by atoms with Crippen LogP contribution in [0.2, 0.25) is 0 Å². The van der Waals surface area contributed by atoms with Gasteiger partial charge in [-0.15, -0.1) is 0 Å². The van der Waals surface area contributed by atoms with E-state index in [9.17, 15) is 9.18 Å². The minimum atomic E-state index is -0.461. The van der Waals surface area contributed by atoms with Gasteiger partial charge in [0.25, 0.3) is 0 Å². The first kappa shape index (κ1) is 14.6. The molecule has 1 aromatic rings. The molecule has 0 radical (unpaired) electrons. The smallest absolute Gasteiger partial charge is 0.311 e. The van der Waals surface area contributed by atoms with Gasteiger partial charge in [-0.1, -0.05) is 12.1 Å². The van der Waals surface area contributed by atoms with Crippen molar-refractivity contribution in [3.05, 3.63) is 35.6 Å². The van der Waals surface area contributed by atoms with E-state index in [2.05, 4.69) is 5.32 Å². The van der Waals surface area contributed by atoms with Crippen LogP contribution in [0.3, 0.4) is 0 Å². The Morgan fingerprint density at radius 2 is 1.89 bits per heavy atom. The largest absolute Gasteiger partial charge is 0.464 e. The first-order chi connectivity index (χ1) is 8.39. The highest BCUT2D eigenvalue weighted by molar-refractivity contribution is 5.75. The summed E-state index contributed by atoms with van der Waals surface area (Å²) in [7, 11) is 0. The lowest BCUT2D eigenvalue weighted by atomic mass is 9.97. The Kier molecular flexibility index (Phi) is 5.28. The van der Waals surface area contributed by atoms with E-state index in [0.717, 1.165) is 5.56 Å². The van der Waals surface area contributed by atoms with Crippen molar-refractivity contribution in [2.45, 2.75) is 27.3 Å². The normalized spacial score (nSPS) is 11.3. The number of ether oxygens (including phenoxy) is 1. The molecule has 1 aromatic carbocycles. The van der Waals surface area contributed by atoms with Crippen molar-refractivity contribution in [2.24, 2.45) is 5.41 Å². The van der Waals surface area contributed by atoms with E-state index in [1.54, 1.807) is 12.1 Å². The predicted octanol–water partition coefficient (Wildman–Crippen LogP) is 2.50.